The standard InChI is InChI=1S/C18H20N6OS2/c1-9-4-10(2)16(11(3)5-9)12-7-26-17(21-12)24-15(25)8-27-18-22-13(19)6-14(20)23-18/h4-7H,8H2,1-3H3,(H,21,24,25)(H4,19,20,22,23). The molecule has 5 N–H and O–H groups in total. The number of carbonyl (C=O) groups is 1. The number of hydrogen-bond donors (Lipinski definition) is 3. The zero-order chi connectivity index (χ0) is 19.6. The number of benzene rings is 1. The Labute approximate surface area is 165 Å². The molecule has 0 saturated carbocycles. The third kappa shape index (κ3) is 4.75. The lowest BCUT2D eigenvalue weighted by molar-refractivity contribution is -0.113. The van der Waals surface area contributed by atoms with Crippen molar-refractivity contribution in [1.29, 1.82) is 0 Å². The summed E-state index contributed by atoms with van der Waals surface area (Å²) < 4.78 is 0. The molecule has 3 rings (SSSR count). The highest BCUT2D eigenvalue weighted by atomic mass is 32.2. The molecule has 1 amide bonds. The lowest BCUT2D eigenvalue weighted by Crippen LogP contribution is -2.14. The molecular weight excluding hydrogens is 380 g/mol. The van der Waals surface area contributed by atoms with Gasteiger partial charge in [-0.25, -0.2) is 15.0 Å². The van der Waals surface area contributed by atoms with E-state index < -0.39 is 0 Å². The first kappa shape index (κ1) is 19.1. The summed E-state index contributed by atoms with van der Waals surface area (Å²) in [6, 6.07) is 5.73. The van der Waals surface area contributed by atoms with Crippen LogP contribution >= 0.6 is 23.1 Å². The average Bonchev–Trinajstić information content (AvgIpc) is 2.99. The van der Waals surface area contributed by atoms with E-state index in [9.17, 15) is 4.79 Å². The minimum absolute atomic E-state index is 0.139. The third-order valence-corrected chi connectivity index (χ3v) is 5.37. The van der Waals surface area contributed by atoms with E-state index in [0.717, 1.165) is 11.3 Å². The van der Waals surface area contributed by atoms with Crippen molar-refractivity contribution in [2.75, 3.05) is 22.5 Å². The number of nitrogens with two attached hydrogens (primary N) is 2. The fourth-order valence-corrected chi connectivity index (χ4v) is 4.23. The average molecular weight is 401 g/mol. The second-order valence-electron chi connectivity index (χ2n) is 6.15. The van der Waals surface area contributed by atoms with E-state index in [1.165, 1.54) is 45.9 Å². The molecule has 9 heteroatoms. The highest BCUT2D eigenvalue weighted by Crippen LogP contribution is 2.31. The Morgan fingerprint density at radius 3 is 2.33 bits per heavy atom. The van der Waals surface area contributed by atoms with Gasteiger partial charge in [0.2, 0.25) is 5.91 Å². The van der Waals surface area contributed by atoms with Crippen LogP contribution in [0.3, 0.4) is 0 Å². The van der Waals surface area contributed by atoms with E-state index in [2.05, 4.69) is 53.2 Å². The number of nitrogens with zero attached hydrogens (tertiary/aromatic N) is 3. The largest absolute Gasteiger partial charge is 0.383 e. The Morgan fingerprint density at radius 2 is 1.70 bits per heavy atom. The first-order valence-electron chi connectivity index (χ1n) is 8.18. The fraction of sp³-hybridized carbons (Fsp3) is 0.222. The van der Waals surface area contributed by atoms with Crippen molar-refractivity contribution in [3.63, 3.8) is 0 Å². The molecule has 27 heavy (non-hydrogen) atoms. The van der Waals surface area contributed by atoms with Crippen LogP contribution in [0.2, 0.25) is 0 Å². The molecule has 0 aliphatic heterocycles. The fourth-order valence-electron chi connectivity index (χ4n) is 2.84. The summed E-state index contributed by atoms with van der Waals surface area (Å²) in [6.45, 7) is 6.22. The summed E-state index contributed by atoms with van der Waals surface area (Å²) in [4.78, 5) is 24.8. The predicted octanol–water partition coefficient (Wildman–Crippen LogP) is 3.42. The van der Waals surface area contributed by atoms with Gasteiger partial charge >= 0.3 is 0 Å². The molecule has 0 bridgehead atoms. The van der Waals surface area contributed by atoms with Gasteiger partial charge in [-0.15, -0.1) is 11.3 Å². The molecule has 0 aliphatic carbocycles. The Bertz CT molecular complexity index is 958. The normalized spacial score (nSPS) is 10.8. The smallest absolute Gasteiger partial charge is 0.236 e. The second kappa shape index (κ2) is 7.93. The molecule has 2 heterocycles. The summed E-state index contributed by atoms with van der Waals surface area (Å²) in [5.41, 5.74) is 16.8. The van der Waals surface area contributed by atoms with Gasteiger partial charge in [-0.3, -0.25) is 4.79 Å². The number of anilines is 3. The number of nitrogens with one attached hydrogen (secondary N) is 1. The maximum Gasteiger partial charge on any atom is 0.236 e. The molecule has 0 unspecified atom stereocenters. The molecule has 0 aliphatic rings. The number of aryl methyl sites for hydroxylation is 3. The number of thioether (sulfide) groups is 1. The van der Waals surface area contributed by atoms with Crippen molar-refractivity contribution in [2.24, 2.45) is 0 Å². The number of hydrogen-bond acceptors (Lipinski definition) is 8. The Balaban J connectivity index is 1.66. The van der Waals surface area contributed by atoms with Crippen molar-refractivity contribution < 1.29 is 4.79 Å². The summed E-state index contributed by atoms with van der Waals surface area (Å²) in [6.07, 6.45) is 0. The Hall–Kier alpha value is -2.65. The molecule has 3 aromatic rings. The highest BCUT2D eigenvalue weighted by molar-refractivity contribution is 7.99. The minimum atomic E-state index is -0.192. The number of amides is 1. The van der Waals surface area contributed by atoms with E-state index in [-0.39, 0.29) is 23.3 Å². The molecule has 0 radical (unpaired) electrons. The van der Waals surface area contributed by atoms with Gasteiger partial charge in [-0.05, 0) is 31.9 Å². The molecular formula is C18H20N6OS2. The number of aromatic nitrogens is 3. The van der Waals surface area contributed by atoms with Crippen LogP contribution in [-0.2, 0) is 4.79 Å². The van der Waals surface area contributed by atoms with Crippen LogP contribution in [0.5, 0.6) is 0 Å². The van der Waals surface area contributed by atoms with Gasteiger partial charge in [0.05, 0.1) is 11.4 Å². The minimum Gasteiger partial charge on any atom is -0.383 e. The maximum absolute atomic E-state index is 12.2. The van der Waals surface area contributed by atoms with E-state index in [0.29, 0.717) is 10.3 Å². The van der Waals surface area contributed by atoms with Crippen molar-refractivity contribution in [2.45, 2.75) is 25.9 Å². The monoisotopic (exact) mass is 400 g/mol. The van der Waals surface area contributed by atoms with Crippen LogP contribution < -0.4 is 16.8 Å². The highest BCUT2D eigenvalue weighted by Gasteiger charge is 2.13. The summed E-state index contributed by atoms with van der Waals surface area (Å²) in [5.74, 6) is 0.501. The second-order valence-corrected chi connectivity index (χ2v) is 7.95. The predicted molar refractivity (Wildman–Crippen MR) is 112 cm³/mol. The zero-order valence-electron chi connectivity index (χ0n) is 15.2. The van der Waals surface area contributed by atoms with Crippen LogP contribution in [0, 0.1) is 20.8 Å². The topological polar surface area (TPSA) is 120 Å². The van der Waals surface area contributed by atoms with Crippen LogP contribution in [0.1, 0.15) is 16.7 Å². The van der Waals surface area contributed by atoms with E-state index >= 15 is 0 Å². The van der Waals surface area contributed by atoms with E-state index in [4.69, 9.17) is 11.5 Å². The molecule has 0 spiro atoms. The molecule has 0 fully saturated rings. The molecule has 2 aromatic heterocycles. The van der Waals surface area contributed by atoms with Crippen molar-refractivity contribution in [3.05, 3.63) is 40.3 Å². The van der Waals surface area contributed by atoms with Gasteiger partial charge < -0.3 is 16.8 Å². The van der Waals surface area contributed by atoms with Gasteiger partial charge in [0, 0.05) is 17.0 Å². The van der Waals surface area contributed by atoms with Crippen molar-refractivity contribution >= 4 is 45.8 Å². The van der Waals surface area contributed by atoms with Crippen molar-refractivity contribution in [3.8, 4) is 11.3 Å². The molecule has 0 saturated heterocycles. The first-order valence-corrected chi connectivity index (χ1v) is 10.0. The van der Waals surface area contributed by atoms with E-state index in [1.807, 2.05) is 5.38 Å². The lowest BCUT2D eigenvalue weighted by atomic mass is 9.98. The number of thiazole rings is 1. The third-order valence-electron chi connectivity index (χ3n) is 3.76. The Kier molecular flexibility index (Phi) is 5.62. The summed E-state index contributed by atoms with van der Waals surface area (Å²) in [5, 5.41) is 5.69. The van der Waals surface area contributed by atoms with Gasteiger partial charge in [0.25, 0.3) is 0 Å². The molecule has 140 valence electrons. The summed E-state index contributed by atoms with van der Waals surface area (Å²) >= 11 is 2.57. The number of carbonyl (C=O) groups excluding carboxylic acids is 1. The van der Waals surface area contributed by atoms with Crippen LogP contribution in [0.4, 0.5) is 16.8 Å². The SMILES string of the molecule is Cc1cc(C)c(-c2csc(NC(=O)CSc3nc(N)cc(N)n3)n2)c(C)c1. The van der Waals surface area contributed by atoms with Crippen molar-refractivity contribution in [1.82, 2.24) is 15.0 Å². The van der Waals surface area contributed by atoms with Crippen LogP contribution in [0.25, 0.3) is 11.3 Å². The zero-order valence-corrected chi connectivity index (χ0v) is 16.9. The molecule has 0 atom stereocenters. The van der Waals surface area contributed by atoms with Crippen LogP contribution in [-0.4, -0.2) is 26.6 Å². The quantitative estimate of drug-likeness (QED) is 0.443. The maximum atomic E-state index is 12.2. The van der Waals surface area contributed by atoms with Gasteiger partial charge in [-0.1, -0.05) is 29.5 Å². The number of rotatable bonds is 5. The molecule has 7 nitrogen and oxygen atoms in total. The number of nitrogen functional groups attached to an aromatic ring is 2. The van der Waals surface area contributed by atoms with Gasteiger partial charge in [-0.2, -0.15) is 0 Å². The summed E-state index contributed by atoms with van der Waals surface area (Å²) in [7, 11) is 0. The van der Waals surface area contributed by atoms with Gasteiger partial charge in [0.1, 0.15) is 11.6 Å². The lowest BCUT2D eigenvalue weighted by Gasteiger charge is -2.08. The van der Waals surface area contributed by atoms with Gasteiger partial charge in [0.15, 0.2) is 10.3 Å². The van der Waals surface area contributed by atoms with Crippen LogP contribution in [0.15, 0.2) is 28.7 Å². The van der Waals surface area contributed by atoms with E-state index in [1.54, 1.807) is 0 Å². The first-order chi connectivity index (χ1) is 12.8. The Morgan fingerprint density at radius 1 is 1.07 bits per heavy atom. The molecule has 1 aromatic carbocycles.